The highest BCUT2D eigenvalue weighted by Gasteiger charge is 2.07. The molecule has 0 atom stereocenters. The van der Waals surface area contributed by atoms with E-state index in [4.69, 9.17) is 16.3 Å². The van der Waals surface area contributed by atoms with Crippen LogP contribution in [0, 0.1) is 12.7 Å². The Bertz CT molecular complexity index is 572. The summed E-state index contributed by atoms with van der Waals surface area (Å²) in [4.78, 5) is 0. The minimum atomic E-state index is -0.376. The minimum absolute atomic E-state index is 0.263. The number of hydrogen-bond acceptors (Lipinski definition) is 1. The van der Waals surface area contributed by atoms with Crippen molar-refractivity contribution in [2.24, 2.45) is 0 Å². The van der Waals surface area contributed by atoms with Crippen LogP contribution < -0.4 is 4.74 Å². The Morgan fingerprint density at radius 1 is 1.17 bits per heavy atom. The maximum atomic E-state index is 12.9. The van der Waals surface area contributed by atoms with E-state index in [-0.39, 0.29) is 10.8 Å². The summed E-state index contributed by atoms with van der Waals surface area (Å²) in [6.45, 7) is 1.96. The zero-order valence-electron chi connectivity index (χ0n) is 9.71. The molecule has 0 aliphatic rings. The first-order chi connectivity index (χ1) is 8.60. The van der Waals surface area contributed by atoms with Gasteiger partial charge in [-0.15, -0.1) is 0 Å². The summed E-state index contributed by atoms with van der Waals surface area (Å²) in [6, 6.07) is 9.96. The molecule has 2 aromatic carbocycles. The highest BCUT2D eigenvalue weighted by Crippen LogP contribution is 2.32. The Balaban J connectivity index is 2.28. The lowest BCUT2D eigenvalue weighted by Gasteiger charge is -2.11. The van der Waals surface area contributed by atoms with Crippen molar-refractivity contribution < 1.29 is 9.13 Å². The minimum Gasteiger partial charge on any atom is -0.456 e. The maximum absolute atomic E-state index is 12.9. The van der Waals surface area contributed by atoms with Crippen molar-refractivity contribution in [1.82, 2.24) is 0 Å². The second-order valence-electron chi connectivity index (χ2n) is 3.91. The molecule has 0 unspecified atom stereocenters. The number of benzene rings is 2. The third kappa shape index (κ3) is 3.03. The zero-order chi connectivity index (χ0) is 13.1. The number of aryl methyl sites for hydroxylation is 1. The smallest absolute Gasteiger partial charge is 0.146 e. The fourth-order valence-electron chi connectivity index (χ4n) is 1.59. The fraction of sp³-hybridized carbons (Fsp3) is 0.143. The van der Waals surface area contributed by atoms with Crippen LogP contribution in [0.1, 0.15) is 11.1 Å². The van der Waals surface area contributed by atoms with Crippen LogP contribution in [0.25, 0.3) is 0 Å². The number of hydrogen-bond donors (Lipinski definition) is 0. The predicted octanol–water partition coefficient (Wildman–Crippen LogP) is 5.47. The van der Waals surface area contributed by atoms with Crippen LogP contribution >= 0.6 is 27.5 Å². The van der Waals surface area contributed by atoms with Crippen molar-refractivity contribution in [3.63, 3.8) is 0 Å². The summed E-state index contributed by atoms with van der Waals surface area (Å²) in [5.74, 6) is 0.791. The van der Waals surface area contributed by atoms with Crippen molar-refractivity contribution in [1.29, 1.82) is 0 Å². The highest BCUT2D eigenvalue weighted by atomic mass is 79.9. The molecule has 0 saturated heterocycles. The first-order valence-corrected chi connectivity index (χ1v) is 6.88. The fourth-order valence-corrected chi connectivity index (χ4v) is 2.14. The van der Waals surface area contributed by atoms with Crippen LogP contribution in [0.3, 0.4) is 0 Å². The van der Waals surface area contributed by atoms with Gasteiger partial charge < -0.3 is 4.74 Å². The Morgan fingerprint density at radius 2 is 1.89 bits per heavy atom. The van der Waals surface area contributed by atoms with Crippen LogP contribution in [0.4, 0.5) is 4.39 Å². The zero-order valence-corrected chi connectivity index (χ0v) is 12.1. The van der Waals surface area contributed by atoms with E-state index in [0.717, 1.165) is 10.9 Å². The summed E-state index contributed by atoms with van der Waals surface area (Å²) < 4.78 is 18.6. The van der Waals surface area contributed by atoms with Crippen LogP contribution in [-0.4, -0.2) is 0 Å². The van der Waals surface area contributed by atoms with Crippen molar-refractivity contribution in [3.05, 3.63) is 58.4 Å². The molecule has 2 rings (SSSR count). The van der Waals surface area contributed by atoms with E-state index in [1.54, 1.807) is 0 Å². The molecule has 0 N–H and O–H groups in total. The molecule has 0 aliphatic heterocycles. The first-order valence-electron chi connectivity index (χ1n) is 5.38. The molecular formula is C14H11BrClFO. The van der Waals surface area contributed by atoms with Gasteiger partial charge in [-0.25, -0.2) is 4.39 Å². The van der Waals surface area contributed by atoms with Gasteiger partial charge in [0, 0.05) is 5.33 Å². The van der Waals surface area contributed by atoms with E-state index in [9.17, 15) is 4.39 Å². The molecular weight excluding hydrogens is 319 g/mol. The SMILES string of the molecule is Cc1cc(CBr)ccc1Oc1ccc(F)cc1Cl. The Labute approximate surface area is 119 Å². The van der Waals surface area contributed by atoms with Crippen molar-refractivity contribution in [3.8, 4) is 11.5 Å². The summed E-state index contributed by atoms with van der Waals surface area (Å²) in [7, 11) is 0. The molecule has 0 radical (unpaired) electrons. The third-order valence-electron chi connectivity index (χ3n) is 2.51. The van der Waals surface area contributed by atoms with Crippen molar-refractivity contribution in [2.75, 3.05) is 0 Å². The van der Waals surface area contributed by atoms with Crippen LogP contribution in [-0.2, 0) is 5.33 Å². The first kappa shape index (κ1) is 13.4. The van der Waals surface area contributed by atoms with Crippen molar-refractivity contribution >= 4 is 27.5 Å². The molecule has 18 heavy (non-hydrogen) atoms. The average molecular weight is 330 g/mol. The largest absolute Gasteiger partial charge is 0.456 e. The van der Waals surface area contributed by atoms with Gasteiger partial charge in [0.25, 0.3) is 0 Å². The molecule has 0 spiro atoms. The lowest BCUT2D eigenvalue weighted by atomic mass is 10.1. The highest BCUT2D eigenvalue weighted by molar-refractivity contribution is 9.08. The second-order valence-corrected chi connectivity index (χ2v) is 4.88. The molecule has 1 nitrogen and oxygen atoms in total. The average Bonchev–Trinajstić information content (AvgIpc) is 2.34. The molecule has 0 aliphatic carbocycles. The summed E-state index contributed by atoms with van der Waals surface area (Å²) in [5, 5.41) is 1.06. The Morgan fingerprint density at radius 3 is 2.50 bits per heavy atom. The second kappa shape index (κ2) is 5.72. The van der Waals surface area contributed by atoms with Crippen LogP contribution in [0.15, 0.2) is 36.4 Å². The van der Waals surface area contributed by atoms with E-state index >= 15 is 0 Å². The van der Waals surface area contributed by atoms with Gasteiger partial charge >= 0.3 is 0 Å². The summed E-state index contributed by atoms with van der Waals surface area (Å²) >= 11 is 9.32. The predicted molar refractivity (Wildman–Crippen MR) is 75.3 cm³/mol. The molecule has 0 amide bonds. The van der Waals surface area contributed by atoms with Crippen molar-refractivity contribution in [2.45, 2.75) is 12.3 Å². The third-order valence-corrected chi connectivity index (χ3v) is 3.45. The number of halogens is 3. The standard InChI is InChI=1S/C14H11BrClFO/c1-9-6-10(8-15)2-4-13(9)18-14-5-3-11(17)7-12(14)16/h2-7H,8H2,1H3. The number of rotatable bonds is 3. The molecule has 0 saturated carbocycles. The van der Waals surface area contributed by atoms with Gasteiger partial charge in [-0.1, -0.05) is 39.7 Å². The van der Waals surface area contributed by atoms with Gasteiger partial charge in [0.15, 0.2) is 0 Å². The van der Waals surface area contributed by atoms with Gasteiger partial charge in [0.1, 0.15) is 17.3 Å². The summed E-state index contributed by atoms with van der Waals surface area (Å²) in [5.41, 5.74) is 2.18. The van der Waals surface area contributed by atoms with E-state index in [1.165, 1.54) is 23.8 Å². The van der Waals surface area contributed by atoms with Crippen LogP contribution in [0.5, 0.6) is 11.5 Å². The van der Waals surface area contributed by atoms with Gasteiger partial charge in [-0.3, -0.25) is 0 Å². The number of alkyl halides is 1. The van der Waals surface area contributed by atoms with Gasteiger partial charge in [0.05, 0.1) is 5.02 Å². The maximum Gasteiger partial charge on any atom is 0.146 e. The van der Waals surface area contributed by atoms with E-state index in [2.05, 4.69) is 15.9 Å². The Hall–Kier alpha value is -1.06. The molecule has 0 aromatic heterocycles. The van der Waals surface area contributed by atoms with Crippen LogP contribution in [0.2, 0.25) is 5.02 Å². The molecule has 0 bridgehead atoms. The molecule has 4 heteroatoms. The lowest BCUT2D eigenvalue weighted by Crippen LogP contribution is -1.90. The Kier molecular flexibility index (Phi) is 4.25. The van der Waals surface area contributed by atoms with E-state index in [1.807, 2.05) is 25.1 Å². The quantitative estimate of drug-likeness (QED) is 0.678. The van der Waals surface area contributed by atoms with Gasteiger partial charge in [-0.2, -0.15) is 0 Å². The topological polar surface area (TPSA) is 9.23 Å². The van der Waals surface area contributed by atoms with E-state index < -0.39 is 0 Å². The van der Waals surface area contributed by atoms with Gasteiger partial charge in [-0.05, 0) is 42.3 Å². The normalized spacial score (nSPS) is 10.4. The molecule has 2 aromatic rings. The molecule has 94 valence electrons. The number of ether oxygens (including phenoxy) is 1. The van der Waals surface area contributed by atoms with E-state index in [0.29, 0.717) is 11.5 Å². The summed E-state index contributed by atoms with van der Waals surface area (Å²) in [6.07, 6.45) is 0. The monoisotopic (exact) mass is 328 g/mol. The molecule has 0 heterocycles. The lowest BCUT2D eigenvalue weighted by molar-refractivity contribution is 0.477. The van der Waals surface area contributed by atoms with Gasteiger partial charge in [0.2, 0.25) is 0 Å². The molecule has 0 fully saturated rings.